The van der Waals surface area contributed by atoms with Gasteiger partial charge in [0, 0.05) is 143 Å². The maximum Gasteiger partial charge on any atom is 0.409 e. The van der Waals surface area contributed by atoms with Crippen LogP contribution in [0.25, 0.3) is 0 Å². The smallest absolute Gasteiger partial charge is 0.409 e. The third kappa shape index (κ3) is 29.9. The minimum atomic E-state index is -5.09. The molecule has 7 saturated heterocycles. The number of allylic oxidation sites excluding steroid dienone is 6. The van der Waals surface area contributed by atoms with Crippen LogP contribution in [0.2, 0.25) is 10.0 Å². The molecular weight excluding hydrogens is 2070 g/mol. The van der Waals surface area contributed by atoms with Crippen LogP contribution in [0, 0.1) is 11.8 Å². The van der Waals surface area contributed by atoms with Gasteiger partial charge in [-0.1, -0.05) is 104 Å². The molecule has 0 aliphatic carbocycles. The van der Waals surface area contributed by atoms with Crippen LogP contribution in [-0.4, -0.2) is 355 Å². The Labute approximate surface area is 876 Å². The van der Waals surface area contributed by atoms with E-state index in [9.17, 15) is 113 Å². The number of hydrogen-bond acceptors (Lipinski definition) is 36. The number of nitrogens with two attached hydrogens (primary N) is 1. The number of fused-ring (bicyclic) bond motifs is 10. The molecule has 0 aromatic heterocycles. The van der Waals surface area contributed by atoms with Crippen LogP contribution in [0.1, 0.15) is 170 Å². The number of carbonyl (C=O) groups excluding carboxylic acids is 16. The third-order valence-corrected chi connectivity index (χ3v) is 32.9. The maximum atomic E-state index is 14.3. The first-order valence-electron chi connectivity index (χ1n) is 47.8. The van der Waals surface area contributed by atoms with Crippen molar-refractivity contribution in [2.75, 3.05) is 105 Å². The number of rotatable bonds is 33. The quantitative estimate of drug-likeness (QED) is 0.0112. The molecular formula is C96H133Cl2N11O35S4. The Balaban J connectivity index is 0.000000324. The van der Waals surface area contributed by atoms with Gasteiger partial charge in [-0.25, -0.2) is 24.0 Å². The fourth-order valence-electron chi connectivity index (χ4n) is 18.1. The molecule has 8 bridgehead atoms. The van der Waals surface area contributed by atoms with Gasteiger partial charge >= 0.3 is 30.1 Å². The molecule has 9 aliphatic heterocycles. The zero-order valence-electron chi connectivity index (χ0n) is 85.6. The van der Waals surface area contributed by atoms with E-state index in [1.54, 1.807) is 82.3 Å². The van der Waals surface area contributed by atoms with E-state index < -0.39 is 277 Å². The SMILES string of the molecule is CCCCCNC(=O)CC(CN1C(=O)CC(SCCC(=O)N(C)[C@H](C)C(=O)O[C@H]2CC(=O)N(C)c3cc(cc(OC)c3Cl)C/C(C)=C/C=C/[C@@H](OC)[C@@]3(O)C[C@H](OC(=O)N3)[C@@H](C)[C@@H]3O[C@@]23C)C1=O)S(=O)(=O)O.CN.COc1cc2cc(c1Cl)N(C)C(=O)C[C@H](OC(=O)[C@@H](C)N(C)C(=O)CCSC1CC(=O)N(CC(CC(=O)ON3C(=O)CCC3=O)S(=O)(=O)O)C1=O)[C@]1(C)O[C@H]1[C@H](C)[C@@H]1C[C@@](O)(NC(=O)O1)[C@H](OC)/C=C/C=C(\C)C2. The Morgan fingerprint density at radius 3 is 1.34 bits per heavy atom. The highest BCUT2D eigenvalue weighted by Crippen LogP contribution is 2.52. The summed E-state index contributed by atoms with van der Waals surface area (Å²) in [5, 5.41) is 25.8. The number of amides is 13. The molecule has 0 radical (unpaired) electrons. The second-order valence-corrected chi connectivity index (χ2v) is 44.7. The Bertz CT molecular complexity index is 5700. The Kier molecular flexibility index (Phi) is 42.2. The standard InChI is InChI=1S/C48H68ClN5O16S2.C47H60ClN5O19S2.CH5N/c1-10-11-12-17-50-38(55)22-31(72(63,64)65)26-54-41(58)23-35(44(54)59)71-18-16-39(56)52(6)29(4)45(60)69-37-24-40(57)53(7)32-20-30(21-33(66-8)42(32)49)19-27(2)14-13-15-36(67-9)48(62)25-34(68-46(61)51-48)28(3)43-47(37,5)70-43;1-24-10-9-11-33(68-8)47(63)22-31(69-45(62)49-47)25(2)42-46(4,71-42)34(21-38(57)51(6)29-17-27(16-24)18-30(67-7)41(29)48)70-44(61)26(3)50(5)35(54)14-15-73-32-20-39(58)52(43(32)60)23-28(74(64,65)66)19-40(59)72-53-36(55)12-13-37(53)56;1-2/h13-15,20-21,28-29,31,34-37,43,62H,10-12,16-19,22-26H2,1-9H3,(H,50,55)(H,51,61)(H,63,64,65);9-11,17-18,25-26,28,31-34,42,63H,12-16,19-23H2,1-8H3,(H,49,62)(H,64,65,66);2H2,1H3/b15-13+,27-14+;11-9+,24-10+;/t28-,29-,31?,34+,35?,36-,37+,43+,47+,48+;25-,26-,28?,31+,32?,33-,34+,42+,46+,47+;/m11./s1. The molecule has 9 N–H and O–H groups in total. The minimum Gasteiger partial charge on any atom is -0.495 e. The zero-order valence-corrected chi connectivity index (χ0v) is 90.4. The number of methoxy groups -OCH3 is 4. The zero-order chi connectivity index (χ0) is 110. The fraction of sp³-hybridized carbons (Fsp3) is 0.625. The van der Waals surface area contributed by atoms with Crippen molar-refractivity contribution >= 4 is 173 Å². The summed E-state index contributed by atoms with van der Waals surface area (Å²) < 4.78 is 127. The topological polar surface area (TPSA) is 615 Å². The summed E-state index contributed by atoms with van der Waals surface area (Å²) >= 11 is 15.5. The lowest BCUT2D eigenvalue weighted by atomic mass is 9.83. The number of thioether (sulfide) groups is 2. The minimum absolute atomic E-state index is 0.0154. The molecule has 820 valence electrons. The van der Waals surface area contributed by atoms with Crippen molar-refractivity contribution in [3.8, 4) is 11.5 Å². The van der Waals surface area contributed by atoms with E-state index in [4.69, 9.17) is 70.6 Å². The van der Waals surface area contributed by atoms with E-state index in [1.807, 2.05) is 26.8 Å². The normalized spacial score (nSPS) is 28.9. The van der Waals surface area contributed by atoms with Crippen LogP contribution in [0.4, 0.5) is 21.0 Å². The van der Waals surface area contributed by atoms with Crippen LogP contribution in [0.3, 0.4) is 0 Å². The van der Waals surface area contributed by atoms with Crippen molar-refractivity contribution in [3.05, 3.63) is 93.0 Å². The average Bonchev–Trinajstić information content (AvgIpc) is 1.57. The third-order valence-electron chi connectivity index (χ3n) is 27.4. The summed E-state index contributed by atoms with van der Waals surface area (Å²) in [7, 11) is 2.96. The number of epoxide rings is 2. The predicted octanol–water partition coefficient (Wildman–Crippen LogP) is 5.31. The highest BCUT2D eigenvalue weighted by Gasteiger charge is 2.67. The van der Waals surface area contributed by atoms with Crippen molar-refractivity contribution in [1.82, 2.24) is 40.6 Å². The number of halogens is 2. The number of benzene rings is 2. The number of unbranched alkanes of at least 4 members (excludes halogenated alkanes) is 2. The second-order valence-electron chi connectivity index (χ2n) is 37.9. The molecule has 2 aromatic carbocycles. The molecule has 20 atom stereocenters. The number of hydroxylamine groups is 2. The highest BCUT2D eigenvalue weighted by molar-refractivity contribution is 8.01. The van der Waals surface area contributed by atoms with Gasteiger partial charge in [0.25, 0.3) is 32.1 Å². The number of nitrogens with one attached hydrogen (secondary N) is 3. The number of hydrogen-bond donors (Lipinski definition) is 8. The summed E-state index contributed by atoms with van der Waals surface area (Å²) in [4.78, 5) is 222. The largest absolute Gasteiger partial charge is 0.495 e. The van der Waals surface area contributed by atoms with Gasteiger partial charge < -0.3 is 93.1 Å². The van der Waals surface area contributed by atoms with Gasteiger partial charge in [-0.05, 0) is 103 Å². The van der Waals surface area contributed by atoms with Crippen molar-refractivity contribution < 1.29 is 165 Å². The van der Waals surface area contributed by atoms with Crippen LogP contribution in [0.5, 0.6) is 11.5 Å². The maximum absolute atomic E-state index is 14.3. The van der Waals surface area contributed by atoms with Crippen molar-refractivity contribution in [3.63, 3.8) is 0 Å². The fourth-order valence-corrected chi connectivity index (χ4v) is 22.3. The van der Waals surface area contributed by atoms with E-state index in [0.29, 0.717) is 52.7 Å². The summed E-state index contributed by atoms with van der Waals surface area (Å²) in [5.74, 6) is -11.6. The molecule has 11 rings (SSSR count). The Morgan fingerprint density at radius 2 is 0.973 bits per heavy atom. The summed E-state index contributed by atoms with van der Waals surface area (Å²) in [5.41, 5.74) is 1.74. The van der Waals surface area contributed by atoms with E-state index in [1.165, 1.54) is 87.3 Å². The highest BCUT2D eigenvalue weighted by atomic mass is 35.5. The van der Waals surface area contributed by atoms with Gasteiger partial charge in [-0.3, -0.25) is 82.3 Å². The number of carbonyl (C=O) groups is 16. The molecule has 0 spiro atoms. The molecule has 9 heterocycles. The van der Waals surface area contributed by atoms with E-state index >= 15 is 0 Å². The number of anilines is 2. The number of likely N-dealkylation sites (tertiary alicyclic amines) is 2. The molecule has 46 nitrogen and oxygen atoms in total. The monoisotopic (exact) mass is 2200 g/mol. The van der Waals surface area contributed by atoms with Gasteiger partial charge in [-0.2, -0.15) is 16.8 Å². The second kappa shape index (κ2) is 51.6. The first kappa shape index (κ1) is 121. The number of esters is 2. The number of alkyl carbamates (subject to hydrolysis) is 2. The van der Waals surface area contributed by atoms with Gasteiger partial charge in [0.05, 0.1) is 67.6 Å². The molecule has 13 amide bonds. The number of imide groups is 3. The van der Waals surface area contributed by atoms with Crippen molar-refractivity contribution in [1.29, 1.82) is 0 Å². The molecule has 7 fully saturated rings. The first-order chi connectivity index (χ1) is 69.4. The number of nitrogens with zero attached hydrogens (tertiary/aromatic N) is 7. The van der Waals surface area contributed by atoms with Gasteiger partial charge in [0.2, 0.25) is 53.2 Å². The molecule has 52 heteroatoms. The van der Waals surface area contributed by atoms with Crippen LogP contribution in [0.15, 0.2) is 71.9 Å². The Morgan fingerprint density at radius 1 is 0.588 bits per heavy atom. The van der Waals surface area contributed by atoms with Crippen molar-refractivity contribution in [2.45, 2.75) is 276 Å². The molecule has 9 aliphatic rings. The molecule has 148 heavy (non-hydrogen) atoms. The number of aliphatic hydroxyl groups is 2. The van der Waals surface area contributed by atoms with E-state index in [2.05, 4.69) is 26.5 Å². The van der Waals surface area contributed by atoms with Gasteiger partial charge in [0.1, 0.15) is 92.0 Å². The van der Waals surface area contributed by atoms with Crippen LogP contribution < -0.4 is 41.0 Å². The lowest BCUT2D eigenvalue weighted by Crippen LogP contribution is -2.63. The van der Waals surface area contributed by atoms with Crippen molar-refractivity contribution in [2.24, 2.45) is 17.6 Å². The van der Waals surface area contributed by atoms with Gasteiger partial charge in [-0.15, -0.1) is 28.6 Å². The van der Waals surface area contributed by atoms with E-state index in [-0.39, 0.29) is 77.3 Å². The summed E-state index contributed by atoms with van der Waals surface area (Å²) in [6, 6.07) is 4.45. The first-order valence-corrected chi connectivity index (χ1v) is 53.7. The summed E-state index contributed by atoms with van der Waals surface area (Å²) in [6.45, 7) is 13.9. The Hall–Kier alpha value is -10.5. The lowest BCUT2D eigenvalue weighted by Gasteiger charge is -2.42. The predicted molar refractivity (Wildman–Crippen MR) is 536 cm³/mol. The lowest BCUT2D eigenvalue weighted by molar-refractivity contribution is -0.197. The van der Waals surface area contributed by atoms with E-state index in [0.717, 1.165) is 68.4 Å². The van der Waals surface area contributed by atoms with Gasteiger partial charge in [0.15, 0.2) is 11.4 Å². The number of likely N-dealkylation sites (N-methyl/N-ethyl adjacent to an activating group) is 2. The van der Waals surface area contributed by atoms with Crippen LogP contribution in [-0.2, 0) is 143 Å². The molecule has 2 aromatic rings. The molecule has 0 saturated carbocycles. The molecule has 4 unspecified atom stereocenters. The number of ether oxygens (including phenoxy) is 10. The average molecular weight is 2200 g/mol. The van der Waals surface area contributed by atoms with Crippen LogP contribution >= 0.6 is 46.7 Å². The summed E-state index contributed by atoms with van der Waals surface area (Å²) in [6.07, 6.45) is -1.11.